The van der Waals surface area contributed by atoms with E-state index in [1.54, 1.807) is 62.6 Å². The number of guanidine groups is 2. The zero-order valence-electron chi connectivity index (χ0n) is 24.1. The van der Waals surface area contributed by atoms with E-state index in [2.05, 4.69) is 46.5 Å². The van der Waals surface area contributed by atoms with Gasteiger partial charge in [-0.1, -0.05) is 0 Å². The van der Waals surface area contributed by atoms with E-state index < -0.39 is 0 Å². The number of aromatic nitrogens is 2. The second-order valence-corrected chi connectivity index (χ2v) is 9.71. The molecule has 0 aliphatic heterocycles. The molecule has 4 rings (SSSR count). The molecule has 14 nitrogen and oxygen atoms in total. The normalized spacial score (nSPS) is 11.9. The topological polar surface area (TPSA) is 220 Å². The molecule has 14 heteroatoms. The third-order valence-electron chi connectivity index (χ3n) is 6.62. The van der Waals surface area contributed by atoms with Crippen molar-refractivity contribution >= 4 is 57.1 Å². The van der Waals surface area contributed by atoms with Gasteiger partial charge in [0, 0.05) is 73.3 Å². The maximum absolute atomic E-state index is 13.0. The number of nitrogens with one attached hydrogen (secondary N) is 7. The van der Waals surface area contributed by atoms with Crippen LogP contribution in [0.15, 0.2) is 58.5 Å². The Morgan fingerprint density at radius 1 is 0.651 bits per heavy atom. The molecule has 0 atom stereocenters. The van der Waals surface area contributed by atoms with Crippen molar-refractivity contribution in [3.8, 4) is 0 Å². The summed E-state index contributed by atoms with van der Waals surface area (Å²) in [5.41, 5.74) is 14.5. The Kier molecular flexibility index (Phi) is 10.2. The van der Waals surface area contributed by atoms with Crippen LogP contribution in [0.5, 0.6) is 0 Å². The summed E-state index contributed by atoms with van der Waals surface area (Å²) >= 11 is 0. The summed E-state index contributed by atoms with van der Waals surface area (Å²) in [5.74, 6) is -0.0557. The highest BCUT2D eigenvalue weighted by Crippen LogP contribution is 2.22. The highest BCUT2D eigenvalue weighted by molar-refractivity contribution is 6.08. The molecule has 0 saturated heterocycles. The van der Waals surface area contributed by atoms with Gasteiger partial charge in [0.2, 0.25) is 0 Å². The lowest BCUT2D eigenvalue weighted by atomic mass is 10.1. The lowest BCUT2D eigenvalue weighted by molar-refractivity contribution is 0.0943. The van der Waals surface area contributed by atoms with E-state index in [0.717, 1.165) is 21.8 Å². The molecular weight excluding hydrogens is 550 g/mol. The first-order chi connectivity index (χ1) is 20.8. The van der Waals surface area contributed by atoms with E-state index in [1.165, 1.54) is 0 Å². The van der Waals surface area contributed by atoms with Gasteiger partial charge in [0.05, 0.1) is 0 Å². The fraction of sp³-hybridized carbons (Fsp3) is 0.276. The average molecular weight is 588 g/mol. The Morgan fingerprint density at radius 2 is 1.16 bits per heavy atom. The van der Waals surface area contributed by atoms with Crippen LogP contribution in [0.25, 0.3) is 21.8 Å². The Morgan fingerprint density at radius 3 is 1.77 bits per heavy atom. The standard InChI is InChI=1S/C29H37N11O3/c1-32-28(30)36-11-3-9-34-25(41)17-5-7-21-18(13-17)15-24(40-21)27(43)38-20-6-8-22-19(14-20)16-23(39-22)26(42)35-10-4-12-37-29(31)33-2/h5-8,13-16,39-40H,3-4,9-12H2,1-2H3,(H,34,41)(H,35,42)(H,38,43)(H3,30,32,36)(H3,31,33,37). The first-order valence-corrected chi connectivity index (χ1v) is 13.8. The summed E-state index contributed by atoms with van der Waals surface area (Å²) in [6.45, 7) is 2.13. The molecule has 226 valence electrons. The largest absolute Gasteiger partial charge is 0.370 e. The summed E-state index contributed by atoms with van der Waals surface area (Å²) in [6.07, 6.45) is 1.37. The number of nitrogens with two attached hydrogens (primary N) is 2. The minimum absolute atomic E-state index is 0.205. The van der Waals surface area contributed by atoms with Crippen molar-refractivity contribution < 1.29 is 14.4 Å². The molecule has 3 amide bonds. The number of rotatable bonds is 12. The van der Waals surface area contributed by atoms with Crippen molar-refractivity contribution in [2.24, 2.45) is 21.5 Å². The van der Waals surface area contributed by atoms with Crippen LogP contribution in [0.4, 0.5) is 5.69 Å². The van der Waals surface area contributed by atoms with Crippen LogP contribution in [0, 0.1) is 0 Å². The first kappa shape index (κ1) is 30.4. The average Bonchev–Trinajstić information content (AvgIpc) is 3.64. The van der Waals surface area contributed by atoms with Gasteiger partial charge in [-0.3, -0.25) is 24.4 Å². The highest BCUT2D eigenvalue weighted by Gasteiger charge is 2.14. The number of aliphatic imine (C=N–C) groups is 2. The molecule has 2 heterocycles. The number of H-pyrrole nitrogens is 2. The van der Waals surface area contributed by atoms with Crippen LogP contribution in [0.1, 0.15) is 44.2 Å². The van der Waals surface area contributed by atoms with Crippen molar-refractivity contribution in [2.75, 3.05) is 45.6 Å². The van der Waals surface area contributed by atoms with Gasteiger partial charge in [0.1, 0.15) is 11.4 Å². The van der Waals surface area contributed by atoms with Crippen LogP contribution >= 0.6 is 0 Å². The predicted octanol–water partition coefficient (Wildman–Crippen LogP) is 1.21. The van der Waals surface area contributed by atoms with Crippen molar-refractivity contribution in [3.63, 3.8) is 0 Å². The van der Waals surface area contributed by atoms with Crippen molar-refractivity contribution in [1.82, 2.24) is 31.2 Å². The van der Waals surface area contributed by atoms with Gasteiger partial charge in [-0.05, 0) is 61.4 Å². The molecular formula is C29H37N11O3. The van der Waals surface area contributed by atoms with Gasteiger partial charge in [0.25, 0.3) is 17.7 Å². The number of carbonyl (C=O) groups excluding carboxylic acids is 3. The second kappa shape index (κ2) is 14.4. The van der Waals surface area contributed by atoms with Gasteiger partial charge in [0.15, 0.2) is 11.9 Å². The molecule has 11 N–H and O–H groups in total. The number of aromatic amines is 2. The summed E-state index contributed by atoms with van der Waals surface area (Å²) in [7, 11) is 3.20. The smallest absolute Gasteiger partial charge is 0.272 e. The highest BCUT2D eigenvalue weighted by atomic mass is 16.2. The quantitative estimate of drug-likeness (QED) is 0.0669. The van der Waals surface area contributed by atoms with Crippen LogP contribution < -0.4 is 38.1 Å². The number of benzene rings is 2. The Balaban J connectivity index is 1.32. The monoisotopic (exact) mass is 587 g/mol. The number of hydrogen-bond donors (Lipinski definition) is 9. The lowest BCUT2D eigenvalue weighted by Gasteiger charge is -2.07. The third-order valence-corrected chi connectivity index (χ3v) is 6.62. The van der Waals surface area contributed by atoms with E-state index in [0.29, 0.717) is 73.6 Å². The van der Waals surface area contributed by atoms with Gasteiger partial charge in [-0.2, -0.15) is 0 Å². The zero-order valence-corrected chi connectivity index (χ0v) is 24.1. The Bertz CT molecular complexity index is 1670. The van der Waals surface area contributed by atoms with E-state index in [4.69, 9.17) is 11.5 Å². The molecule has 2 aromatic heterocycles. The molecule has 0 spiro atoms. The number of carbonyl (C=O) groups is 3. The summed E-state index contributed by atoms with van der Waals surface area (Å²) < 4.78 is 0. The molecule has 0 aliphatic carbocycles. The number of amides is 3. The first-order valence-electron chi connectivity index (χ1n) is 13.8. The fourth-order valence-electron chi connectivity index (χ4n) is 4.30. The molecule has 0 bridgehead atoms. The fourth-order valence-corrected chi connectivity index (χ4v) is 4.30. The van der Waals surface area contributed by atoms with Gasteiger partial charge in [-0.15, -0.1) is 0 Å². The van der Waals surface area contributed by atoms with E-state index in [9.17, 15) is 14.4 Å². The Hall–Kier alpha value is -5.53. The van der Waals surface area contributed by atoms with Gasteiger partial charge < -0.3 is 48.0 Å². The molecule has 0 radical (unpaired) electrons. The van der Waals surface area contributed by atoms with Crippen LogP contribution in [-0.2, 0) is 0 Å². The number of fused-ring (bicyclic) bond motifs is 2. The SMILES string of the molecule is CN=C(N)NCCCNC(=O)c1ccc2[nH]c(C(=O)Nc3ccc4[nH]c(C(=O)NCCCNC(N)=NC)cc4c3)cc2c1. The van der Waals surface area contributed by atoms with Crippen LogP contribution in [0.2, 0.25) is 0 Å². The lowest BCUT2D eigenvalue weighted by Crippen LogP contribution is -2.34. The predicted molar refractivity (Wildman–Crippen MR) is 170 cm³/mol. The Labute approximate surface area is 248 Å². The summed E-state index contributed by atoms with van der Waals surface area (Å²) in [6, 6.07) is 14.0. The zero-order chi connectivity index (χ0) is 30.8. The van der Waals surface area contributed by atoms with Gasteiger partial charge in [-0.25, -0.2) is 0 Å². The van der Waals surface area contributed by atoms with Gasteiger partial charge >= 0.3 is 0 Å². The molecule has 0 unspecified atom stereocenters. The van der Waals surface area contributed by atoms with Crippen molar-refractivity contribution in [1.29, 1.82) is 0 Å². The second-order valence-electron chi connectivity index (χ2n) is 9.71. The number of hydrogen-bond acceptors (Lipinski definition) is 5. The maximum atomic E-state index is 13.0. The summed E-state index contributed by atoms with van der Waals surface area (Å²) in [5, 5.41) is 16.0. The summed E-state index contributed by atoms with van der Waals surface area (Å²) in [4.78, 5) is 52.0. The van der Waals surface area contributed by atoms with Crippen molar-refractivity contribution in [2.45, 2.75) is 12.8 Å². The van der Waals surface area contributed by atoms with Crippen LogP contribution in [0.3, 0.4) is 0 Å². The minimum Gasteiger partial charge on any atom is -0.370 e. The molecule has 4 aromatic rings. The molecule has 43 heavy (non-hydrogen) atoms. The maximum Gasteiger partial charge on any atom is 0.272 e. The number of nitrogens with zero attached hydrogens (tertiary/aromatic N) is 2. The molecule has 0 aliphatic rings. The molecule has 0 saturated carbocycles. The number of anilines is 1. The molecule has 2 aromatic carbocycles. The van der Waals surface area contributed by atoms with E-state index in [-0.39, 0.29) is 17.7 Å². The van der Waals surface area contributed by atoms with E-state index in [1.807, 2.05) is 0 Å². The third kappa shape index (κ3) is 8.25. The van der Waals surface area contributed by atoms with Crippen molar-refractivity contribution in [3.05, 3.63) is 65.5 Å². The van der Waals surface area contributed by atoms with Crippen LogP contribution in [-0.4, -0.2) is 79.9 Å². The molecule has 0 fully saturated rings. The minimum atomic E-state index is -0.334. The van der Waals surface area contributed by atoms with E-state index >= 15 is 0 Å².